The minimum absolute atomic E-state index is 0.0910. The second-order valence-electron chi connectivity index (χ2n) is 25.5. The van der Waals surface area contributed by atoms with E-state index in [-0.39, 0.29) is 37.4 Å². The lowest BCUT2D eigenvalue weighted by Crippen LogP contribution is -2.19. The zero-order chi connectivity index (χ0) is 64.7. The third-order valence-electron chi connectivity index (χ3n) is 17.1. The number of ketones is 7. The zero-order valence-corrected chi connectivity index (χ0v) is 54.9. The molecule has 5 aliphatic rings. The molecule has 492 valence electrons. The molecule has 3 N–H and O–H groups in total. The Morgan fingerprint density at radius 3 is 1.31 bits per heavy atom. The van der Waals surface area contributed by atoms with Crippen molar-refractivity contribution in [2.75, 3.05) is 33.0 Å². The second kappa shape index (κ2) is 49.1. The molecule has 0 radical (unpaired) electrons. The fraction of sp³-hybridized carbons (Fsp3) is 0.597. The van der Waals surface area contributed by atoms with Crippen LogP contribution < -0.4 is 0 Å². The van der Waals surface area contributed by atoms with Crippen LogP contribution in [0.4, 0.5) is 0 Å². The van der Waals surface area contributed by atoms with Crippen LogP contribution in [0.15, 0.2) is 121 Å². The fourth-order valence-electron chi connectivity index (χ4n) is 11.8. The first-order chi connectivity index (χ1) is 43.1. The number of benzene rings is 4. The number of aryl methyl sites for hydroxylation is 2. The van der Waals surface area contributed by atoms with Gasteiger partial charge in [0.1, 0.15) is 40.5 Å². The normalized spacial score (nSPS) is 20.1. The number of carbonyl (C=O) groups is 7. The van der Waals surface area contributed by atoms with Crippen LogP contribution in [-0.4, -0.2) is 88.8 Å². The second-order valence-corrected chi connectivity index (χ2v) is 25.5. The van der Waals surface area contributed by atoms with Gasteiger partial charge in [0, 0.05) is 103 Å². The van der Waals surface area contributed by atoms with Gasteiger partial charge in [0.05, 0.1) is 26.4 Å². The largest absolute Gasteiger partial charge is 0.396 e. The lowest BCUT2D eigenvalue weighted by molar-refractivity contribution is -0.122. The van der Waals surface area contributed by atoms with Gasteiger partial charge in [-0.3, -0.25) is 28.8 Å². The van der Waals surface area contributed by atoms with Crippen LogP contribution in [0.2, 0.25) is 0 Å². The molecule has 0 amide bonds. The molecule has 0 saturated heterocycles. The van der Waals surface area contributed by atoms with E-state index in [9.17, 15) is 33.6 Å². The summed E-state index contributed by atoms with van der Waals surface area (Å²) in [6, 6.07) is 40.9. The van der Waals surface area contributed by atoms with E-state index in [0.717, 1.165) is 129 Å². The van der Waals surface area contributed by atoms with Gasteiger partial charge in [0.15, 0.2) is 0 Å². The molecule has 0 aromatic heterocycles. The molecular formula is C77H112O12. The fourth-order valence-corrected chi connectivity index (χ4v) is 11.8. The average Bonchev–Trinajstić information content (AvgIpc) is 4.28. The summed E-state index contributed by atoms with van der Waals surface area (Å²) in [5.41, 5.74) is 4.99. The summed E-state index contributed by atoms with van der Waals surface area (Å²) in [5, 5.41) is 25.8. The molecule has 9 rings (SSSR count). The van der Waals surface area contributed by atoms with Gasteiger partial charge in [0.25, 0.3) is 0 Å². The van der Waals surface area contributed by atoms with Crippen molar-refractivity contribution in [3.63, 3.8) is 0 Å². The van der Waals surface area contributed by atoms with Crippen molar-refractivity contribution in [2.24, 2.45) is 41.4 Å². The Hall–Kier alpha value is -5.63. The molecule has 7 atom stereocenters. The standard InChI is InChI=1S/C15H20O.C14H18O2.C13H16O2.C13H18O2.C9H18O.C7H12O2.C6H10O2/c16-15-9-5-4-8-14(12-15)11-10-13-6-2-1-3-7-13;15-14-8-4-7-13(9-14)11-16-10-12-5-2-1-3-6-12;14-13-7-6-12(8-13)10-15-9-11-4-2-1-3-5-11;1-11(10-14)9-13(15)8-7-12-5-3-2-4-6-12;1-4-6-9(5-2)7-8(3)10;8-4-3-6-1-2-7(9)5-6;7-4-5-1-2-6(8)3-5/h1-3,6-7,14H,4-5,8-12H2;1-3,5-6,13H,4,7-11H2;1-5,12H,6-10H2;2-6,11,14H,7-10H2,1H3;9H,4-7H2,1-3H3;6,8H,1-5H2;5,7H,1-4H2. The van der Waals surface area contributed by atoms with Crippen molar-refractivity contribution in [3.05, 3.63) is 144 Å². The number of carbonyl (C=O) groups excluding carboxylic acids is 7. The number of aliphatic hydroxyl groups excluding tert-OH is 3. The highest BCUT2D eigenvalue weighted by Crippen LogP contribution is 2.27. The molecule has 5 aliphatic carbocycles. The van der Waals surface area contributed by atoms with Crippen LogP contribution in [0.3, 0.4) is 0 Å². The van der Waals surface area contributed by atoms with E-state index < -0.39 is 0 Å². The zero-order valence-electron chi connectivity index (χ0n) is 54.9. The number of ether oxygens (including phenoxy) is 2. The van der Waals surface area contributed by atoms with E-state index in [4.69, 9.17) is 24.8 Å². The van der Waals surface area contributed by atoms with Crippen LogP contribution in [0.1, 0.15) is 217 Å². The van der Waals surface area contributed by atoms with Gasteiger partial charge in [0.2, 0.25) is 0 Å². The van der Waals surface area contributed by atoms with Gasteiger partial charge in [-0.2, -0.15) is 0 Å². The third-order valence-corrected chi connectivity index (χ3v) is 17.1. The summed E-state index contributed by atoms with van der Waals surface area (Å²) >= 11 is 0. The van der Waals surface area contributed by atoms with Crippen molar-refractivity contribution in [2.45, 2.75) is 221 Å². The van der Waals surface area contributed by atoms with E-state index in [2.05, 4.69) is 68.4 Å². The summed E-state index contributed by atoms with van der Waals surface area (Å²) in [7, 11) is 0. The number of aliphatic hydroxyl groups is 3. The highest BCUT2D eigenvalue weighted by atomic mass is 16.5. The molecule has 5 fully saturated rings. The molecule has 4 aromatic carbocycles. The Morgan fingerprint density at radius 1 is 0.483 bits per heavy atom. The summed E-state index contributed by atoms with van der Waals surface area (Å²) in [6.07, 6.45) is 25.3. The summed E-state index contributed by atoms with van der Waals surface area (Å²) < 4.78 is 11.3. The van der Waals surface area contributed by atoms with Crippen LogP contribution in [0, 0.1) is 41.4 Å². The first-order valence-corrected chi connectivity index (χ1v) is 33.8. The van der Waals surface area contributed by atoms with E-state index in [1.165, 1.54) is 54.4 Å². The Morgan fingerprint density at radius 2 is 0.899 bits per heavy atom. The lowest BCUT2D eigenvalue weighted by Gasteiger charge is -2.20. The average molecular weight is 1230 g/mol. The summed E-state index contributed by atoms with van der Waals surface area (Å²) in [6.45, 7) is 11.2. The van der Waals surface area contributed by atoms with Crippen molar-refractivity contribution < 1.29 is 58.4 Å². The maximum absolute atomic E-state index is 11.5. The van der Waals surface area contributed by atoms with Gasteiger partial charge < -0.3 is 29.6 Å². The minimum Gasteiger partial charge on any atom is -0.396 e. The van der Waals surface area contributed by atoms with Crippen LogP contribution >= 0.6 is 0 Å². The first kappa shape index (κ1) is 77.6. The number of hydrogen-bond donors (Lipinski definition) is 3. The predicted octanol–water partition coefficient (Wildman–Crippen LogP) is 15.4. The monoisotopic (exact) mass is 1230 g/mol. The highest BCUT2D eigenvalue weighted by molar-refractivity contribution is 5.82. The van der Waals surface area contributed by atoms with Gasteiger partial charge >= 0.3 is 0 Å². The molecule has 0 spiro atoms. The smallest absolute Gasteiger partial charge is 0.133 e. The Kier molecular flexibility index (Phi) is 42.8. The van der Waals surface area contributed by atoms with E-state index in [0.29, 0.717) is 110 Å². The van der Waals surface area contributed by atoms with Gasteiger partial charge in [-0.05, 0) is 141 Å². The molecule has 89 heavy (non-hydrogen) atoms. The summed E-state index contributed by atoms with van der Waals surface area (Å²) in [4.78, 5) is 77.1. The van der Waals surface area contributed by atoms with E-state index in [1.807, 2.05) is 73.7 Å². The van der Waals surface area contributed by atoms with E-state index in [1.54, 1.807) is 6.92 Å². The van der Waals surface area contributed by atoms with Gasteiger partial charge in [-0.25, -0.2) is 0 Å². The Labute approximate surface area is 535 Å². The molecule has 7 unspecified atom stereocenters. The minimum atomic E-state index is 0.0910. The number of rotatable bonds is 25. The van der Waals surface area contributed by atoms with Crippen molar-refractivity contribution in [3.8, 4) is 0 Å². The first-order valence-electron chi connectivity index (χ1n) is 33.8. The van der Waals surface area contributed by atoms with Crippen LogP contribution in [0.25, 0.3) is 0 Å². The maximum Gasteiger partial charge on any atom is 0.133 e. The molecular weight excluding hydrogens is 1120 g/mol. The number of hydrogen-bond acceptors (Lipinski definition) is 12. The van der Waals surface area contributed by atoms with E-state index >= 15 is 0 Å². The van der Waals surface area contributed by atoms with Crippen LogP contribution in [-0.2, 0) is 69.1 Å². The molecule has 12 heteroatoms. The molecule has 0 bridgehead atoms. The molecule has 5 saturated carbocycles. The molecule has 12 nitrogen and oxygen atoms in total. The Bertz CT molecular complexity index is 2520. The topological polar surface area (TPSA) is 199 Å². The predicted molar refractivity (Wildman–Crippen MR) is 356 cm³/mol. The summed E-state index contributed by atoms with van der Waals surface area (Å²) in [5.74, 6) is 5.57. The van der Waals surface area contributed by atoms with Gasteiger partial charge in [-0.1, -0.05) is 168 Å². The highest BCUT2D eigenvalue weighted by Gasteiger charge is 2.24. The van der Waals surface area contributed by atoms with Crippen molar-refractivity contribution in [1.82, 2.24) is 0 Å². The van der Waals surface area contributed by atoms with Crippen molar-refractivity contribution >= 4 is 40.5 Å². The number of Topliss-reactive ketones (excluding diaryl/α,β-unsaturated/α-hetero) is 7. The van der Waals surface area contributed by atoms with Gasteiger partial charge in [-0.15, -0.1) is 0 Å². The molecule has 4 aromatic rings. The van der Waals surface area contributed by atoms with Crippen LogP contribution in [0.5, 0.6) is 0 Å². The third kappa shape index (κ3) is 39.3. The quantitative estimate of drug-likeness (QED) is 0.0532. The SMILES string of the molecule is CC(CO)CC(=O)CCc1ccccc1.CCCC(CC)CC(C)=O.O=C1CCC(CCO)C1.O=C1CCC(CO)C1.O=C1CCC(COCc2ccccc2)C1.O=C1CCCC(COCc2ccccc2)C1.O=C1CCCCC(CCc2ccccc2)C1. The molecule has 0 heterocycles. The maximum atomic E-state index is 11.5. The molecule has 0 aliphatic heterocycles. The Balaban J connectivity index is 0.000000275. The lowest BCUT2D eigenvalue weighted by atomic mass is 9.89. The van der Waals surface area contributed by atoms with Crippen molar-refractivity contribution in [1.29, 1.82) is 0 Å².